The van der Waals surface area contributed by atoms with Crippen molar-refractivity contribution >= 4 is 0 Å². The van der Waals surface area contributed by atoms with Crippen LogP contribution in [0.4, 0.5) is 0 Å². The third-order valence-corrected chi connectivity index (χ3v) is 3.10. The summed E-state index contributed by atoms with van der Waals surface area (Å²) in [6, 6.07) is 0. The topological polar surface area (TPSA) is 42.3 Å². The Morgan fingerprint density at radius 1 is 1.47 bits per heavy atom. The molecule has 0 radical (unpaired) electrons. The molecule has 1 saturated heterocycles. The molecule has 2 rings (SSSR count). The van der Waals surface area contributed by atoms with Gasteiger partial charge in [0.15, 0.2) is 0 Å². The standard InChI is InChI=1S/C12H22N4O/c1-13-9-12-10-15(7-8-17-12)4-2-5-16-6-3-14-11-16/h3,6,11-13H,2,4-5,7-10H2,1H3. The molecule has 0 spiro atoms. The molecule has 96 valence electrons. The summed E-state index contributed by atoms with van der Waals surface area (Å²) in [7, 11) is 1.97. The summed E-state index contributed by atoms with van der Waals surface area (Å²) in [6.07, 6.45) is 7.24. The van der Waals surface area contributed by atoms with E-state index in [1.807, 2.05) is 25.8 Å². The Hall–Kier alpha value is -0.910. The largest absolute Gasteiger partial charge is 0.374 e. The van der Waals surface area contributed by atoms with Crippen LogP contribution in [-0.2, 0) is 11.3 Å². The van der Waals surface area contributed by atoms with Crippen molar-refractivity contribution in [2.75, 3.05) is 39.8 Å². The van der Waals surface area contributed by atoms with Gasteiger partial charge in [-0.2, -0.15) is 0 Å². The van der Waals surface area contributed by atoms with Gasteiger partial charge in [-0.05, 0) is 13.5 Å². The van der Waals surface area contributed by atoms with Crippen LogP contribution in [0.25, 0.3) is 0 Å². The monoisotopic (exact) mass is 238 g/mol. The molecule has 0 amide bonds. The van der Waals surface area contributed by atoms with Gasteiger partial charge < -0.3 is 14.6 Å². The summed E-state index contributed by atoms with van der Waals surface area (Å²) in [6.45, 7) is 6.10. The van der Waals surface area contributed by atoms with Gasteiger partial charge in [0, 0.05) is 45.1 Å². The Morgan fingerprint density at radius 3 is 3.18 bits per heavy atom. The Balaban J connectivity index is 1.65. The molecule has 1 fully saturated rings. The van der Waals surface area contributed by atoms with E-state index in [-0.39, 0.29) is 0 Å². The van der Waals surface area contributed by atoms with Crippen LogP contribution in [0, 0.1) is 0 Å². The average Bonchev–Trinajstić information content (AvgIpc) is 2.83. The minimum atomic E-state index is 0.349. The highest BCUT2D eigenvalue weighted by Gasteiger charge is 2.18. The first-order valence-corrected chi connectivity index (χ1v) is 6.33. The summed E-state index contributed by atoms with van der Waals surface area (Å²) in [5, 5.41) is 3.17. The number of imidazole rings is 1. The van der Waals surface area contributed by atoms with Crippen molar-refractivity contribution in [2.45, 2.75) is 19.1 Å². The zero-order chi connectivity index (χ0) is 11.9. The van der Waals surface area contributed by atoms with E-state index < -0.39 is 0 Å². The number of ether oxygens (including phenoxy) is 1. The van der Waals surface area contributed by atoms with Crippen LogP contribution in [0.15, 0.2) is 18.7 Å². The first-order valence-electron chi connectivity index (χ1n) is 6.33. The lowest BCUT2D eigenvalue weighted by atomic mass is 10.2. The third kappa shape index (κ3) is 4.11. The van der Waals surface area contributed by atoms with Crippen molar-refractivity contribution in [2.24, 2.45) is 0 Å². The van der Waals surface area contributed by atoms with Crippen molar-refractivity contribution < 1.29 is 4.74 Å². The Kier molecular flexibility index (Phi) is 4.97. The minimum Gasteiger partial charge on any atom is -0.374 e. The van der Waals surface area contributed by atoms with Gasteiger partial charge in [0.2, 0.25) is 0 Å². The molecule has 5 heteroatoms. The van der Waals surface area contributed by atoms with Crippen molar-refractivity contribution in [3.05, 3.63) is 18.7 Å². The molecule has 1 aliphatic rings. The van der Waals surface area contributed by atoms with Gasteiger partial charge in [0.1, 0.15) is 0 Å². The number of hydrogen-bond acceptors (Lipinski definition) is 4. The maximum atomic E-state index is 5.68. The number of hydrogen-bond donors (Lipinski definition) is 1. The van der Waals surface area contributed by atoms with Crippen molar-refractivity contribution in [3.8, 4) is 0 Å². The summed E-state index contributed by atoms with van der Waals surface area (Å²) in [5.41, 5.74) is 0. The van der Waals surface area contributed by atoms with Crippen molar-refractivity contribution in [1.29, 1.82) is 0 Å². The number of rotatable bonds is 6. The molecule has 2 heterocycles. The van der Waals surface area contributed by atoms with E-state index in [0.717, 1.165) is 39.3 Å². The highest BCUT2D eigenvalue weighted by molar-refractivity contribution is 4.75. The second-order valence-corrected chi connectivity index (χ2v) is 4.51. The Morgan fingerprint density at radius 2 is 2.41 bits per heavy atom. The smallest absolute Gasteiger partial charge is 0.0945 e. The summed E-state index contributed by atoms with van der Waals surface area (Å²) < 4.78 is 7.81. The van der Waals surface area contributed by atoms with Gasteiger partial charge in [-0.3, -0.25) is 4.90 Å². The van der Waals surface area contributed by atoms with E-state index in [2.05, 4.69) is 19.8 Å². The number of morpholine rings is 1. The van der Waals surface area contributed by atoms with Gasteiger partial charge in [-0.1, -0.05) is 0 Å². The molecule has 5 nitrogen and oxygen atoms in total. The van der Waals surface area contributed by atoms with Crippen LogP contribution in [-0.4, -0.2) is 60.4 Å². The molecule has 1 unspecified atom stereocenters. The number of nitrogens with one attached hydrogen (secondary N) is 1. The number of likely N-dealkylation sites (N-methyl/N-ethyl adjacent to an activating group) is 1. The van der Waals surface area contributed by atoms with Gasteiger partial charge in [-0.25, -0.2) is 4.98 Å². The lowest BCUT2D eigenvalue weighted by Crippen LogP contribution is -2.46. The van der Waals surface area contributed by atoms with E-state index >= 15 is 0 Å². The quantitative estimate of drug-likeness (QED) is 0.768. The zero-order valence-electron chi connectivity index (χ0n) is 10.5. The summed E-state index contributed by atoms with van der Waals surface area (Å²) >= 11 is 0. The second kappa shape index (κ2) is 6.74. The molecule has 1 atom stereocenters. The number of aryl methyl sites for hydroxylation is 1. The van der Waals surface area contributed by atoms with Gasteiger partial charge in [0.05, 0.1) is 19.0 Å². The normalized spacial score (nSPS) is 21.8. The van der Waals surface area contributed by atoms with E-state index in [1.165, 1.54) is 6.42 Å². The van der Waals surface area contributed by atoms with Crippen LogP contribution in [0.1, 0.15) is 6.42 Å². The highest BCUT2D eigenvalue weighted by atomic mass is 16.5. The molecule has 0 bridgehead atoms. The van der Waals surface area contributed by atoms with Crippen molar-refractivity contribution in [1.82, 2.24) is 19.8 Å². The molecule has 0 saturated carbocycles. The van der Waals surface area contributed by atoms with Gasteiger partial charge in [-0.15, -0.1) is 0 Å². The SMILES string of the molecule is CNCC1CN(CCCn2ccnc2)CCO1. The molecule has 1 N–H and O–H groups in total. The Bertz CT molecular complexity index is 299. The molecule has 1 aromatic heterocycles. The summed E-state index contributed by atoms with van der Waals surface area (Å²) in [4.78, 5) is 6.53. The van der Waals surface area contributed by atoms with E-state index in [0.29, 0.717) is 6.10 Å². The molecule has 0 aliphatic carbocycles. The van der Waals surface area contributed by atoms with Crippen LogP contribution in [0.2, 0.25) is 0 Å². The lowest BCUT2D eigenvalue weighted by molar-refractivity contribution is -0.0267. The maximum absolute atomic E-state index is 5.68. The molecular formula is C12H22N4O. The minimum absolute atomic E-state index is 0.349. The van der Waals surface area contributed by atoms with Crippen LogP contribution < -0.4 is 5.32 Å². The molecule has 17 heavy (non-hydrogen) atoms. The van der Waals surface area contributed by atoms with Crippen LogP contribution in [0.5, 0.6) is 0 Å². The predicted octanol–water partition coefficient (Wildman–Crippen LogP) is 0.193. The highest BCUT2D eigenvalue weighted by Crippen LogP contribution is 2.05. The molecule has 1 aliphatic heterocycles. The van der Waals surface area contributed by atoms with Gasteiger partial charge in [0.25, 0.3) is 0 Å². The van der Waals surface area contributed by atoms with Gasteiger partial charge >= 0.3 is 0 Å². The van der Waals surface area contributed by atoms with E-state index in [1.54, 1.807) is 0 Å². The fourth-order valence-electron chi connectivity index (χ4n) is 2.23. The fraction of sp³-hybridized carbons (Fsp3) is 0.750. The fourth-order valence-corrected chi connectivity index (χ4v) is 2.23. The zero-order valence-corrected chi connectivity index (χ0v) is 10.5. The Labute approximate surface area is 103 Å². The van der Waals surface area contributed by atoms with E-state index in [4.69, 9.17) is 4.74 Å². The lowest BCUT2D eigenvalue weighted by Gasteiger charge is -2.32. The summed E-state index contributed by atoms with van der Waals surface area (Å²) in [5.74, 6) is 0. The van der Waals surface area contributed by atoms with Crippen LogP contribution in [0.3, 0.4) is 0 Å². The molecule has 0 aromatic carbocycles. The molecule has 1 aromatic rings. The predicted molar refractivity (Wildman–Crippen MR) is 67.0 cm³/mol. The van der Waals surface area contributed by atoms with E-state index in [9.17, 15) is 0 Å². The number of aromatic nitrogens is 2. The van der Waals surface area contributed by atoms with Crippen LogP contribution >= 0.6 is 0 Å². The second-order valence-electron chi connectivity index (χ2n) is 4.51. The first kappa shape index (κ1) is 12.5. The maximum Gasteiger partial charge on any atom is 0.0945 e. The third-order valence-electron chi connectivity index (χ3n) is 3.10. The molecular weight excluding hydrogens is 216 g/mol. The first-order chi connectivity index (χ1) is 8.38. The van der Waals surface area contributed by atoms with Crippen molar-refractivity contribution in [3.63, 3.8) is 0 Å². The number of nitrogens with zero attached hydrogens (tertiary/aromatic N) is 3. The average molecular weight is 238 g/mol.